The number of carbonyl (C=O) groups is 1. The lowest BCUT2D eigenvalue weighted by atomic mass is 10.0. The van der Waals surface area contributed by atoms with Crippen molar-refractivity contribution >= 4 is 27.5 Å². The van der Waals surface area contributed by atoms with E-state index in [2.05, 4.69) is 4.72 Å². The summed E-state index contributed by atoms with van der Waals surface area (Å²) in [5.41, 5.74) is 0.479. The van der Waals surface area contributed by atoms with Crippen LogP contribution in [0.3, 0.4) is 0 Å². The predicted octanol–water partition coefficient (Wildman–Crippen LogP) is 2.72. The summed E-state index contributed by atoms with van der Waals surface area (Å²) in [6, 6.07) is 4.06. The Labute approximate surface area is 143 Å². The molecule has 0 bridgehead atoms. The molecule has 2 rings (SSSR count). The Kier molecular flexibility index (Phi) is 5.70. The number of hydrogen-bond acceptors (Lipinski definition) is 3. The van der Waals surface area contributed by atoms with Crippen molar-refractivity contribution in [1.82, 2.24) is 9.62 Å². The molecule has 0 aromatic heterocycles. The highest BCUT2D eigenvalue weighted by molar-refractivity contribution is 7.89. The number of hydrogen-bond donors (Lipinski definition) is 1. The molecule has 1 aromatic rings. The molecule has 1 N–H and O–H groups in total. The van der Waals surface area contributed by atoms with Gasteiger partial charge in [0.1, 0.15) is 0 Å². The average Bonchev–Trinajstić information content (AvgIpc) is 2.49. The largest absolute Gasteiger partial charge is 0.339 e. The van der Waals surface area contributed by atoms with Crippen molar-refractivity contribution in [3.63, 3.8) is 0 Å². The van der Waals surface area contributed by atoms with Gasteiger partial charge in [0.05, 0.1) is 10.9 Å². The molecule has 2 unspecified atom stereocenters. The molecule has 23 heavy (non-hydrogen) atoms. The second-order valence-corrected chi connectivity index (χ2v) is 8.17. The van der Waals surface area contributed by atoms with Crippen molar-refractivity contribution in [2.24, 2.45) is 0 Å². The van der Waals surface area contributed by atoms with Gasteiger partial charge >= 0.3 is 0 Å². The lowest BCUT2D eigenvalue weighted by Gasteiger charge is -2.35. The molecule has 1 aromatic carbocycles. The van der Waals surface area contributed by atoms with Crippen LogP contribution < -0.4 is 4.72 Å². The van der Waals surface area contributed by atoms with E-state index in [9.17, 15) is 13.2 Å². The van der Waals surface area contributed by atoms with Gasteiger partial charge in [-0.25, -0.2) is 8.42 Å². The van der Waals surface area contributed by atoms with Crippen LogP contribution in [0.5, 0.6) is 0 Å². The van der Waals surface area contributed by atoms with E-state index in [0.717, 1.165) is 19.3 Å². The van der Waals surface area contributed by atoms with Crippen molar-refractivity contribution in [2.75, 3.05) is 6.54 Å². The Balaban J connectivity index is 2.16. The van der Waals surface area contributed by atoms with Gasteiger partial charge in [0.15, 0.2) is 0 Å². The van der Waals surface area contributed by atoms with Gasteiger partial charge in [-0.3, -0.25) is 4.79 Å². The fourth-order valence-electron chi connectivity index (χ4n) is 2.90. The maximum Gasteiger partial charge on any atom is 0.241 e. The van der Waals surface area contributed by atoms with Crippen LogP contribution in [0.15, 0.2) is 23.1 Å². The Bertz CT molecular complexity index is 691. The molecule has 0 aliphatic carbocycles. The monoisotopic (exact) mass is 358 g/mol. The van der Waals surface area contributed by atoms with Gasteiger partial charge in [-0.1, -0.05) is 17.7 Å². The Morgan fingerprint density at radius 2 is 2.09 bits per heavy atom. The smallest absolute Gasteiger partial charge is 0.241 e. The van der Waals surface area contributed by atoms with Crippen molar-refractivity contribution in [2.45, 2.75) is 57.0 Å². The molecule has 1 heterocycles. The maximum atomic E-state index is 12.5. The fraction of sp³-hybridized carbons (Fsp3) is 0.562. The Hall–Kier alpha value is -1.11. The molecule has 1 amide bonds. The molecule has 1 fully saturated rings. The highest BCUT2D eigenvalue weighted by Gasteiger charge is 2.30. The third kappa shape index (κ3) is 4.05. The number of nitrogens with zero attached hydrogens (tertiary/aromatic N) is 1. The maximum absolute atomic E-state index is 12.5. The predicted molar refractivity (Wildman–Crippen MR) is 91.0 cm³/mol. The van der Waals surface area contributed by atoms with Crippen molar-refractivity contribution < 1.29 is 13.2 Å². The molecule has 128 valence electrons. The number of piperidine rings is 1. The summed E-state index contributed by atoms with van der Waals surface area (Å²) in [6.45, 7) is 5.92. The second kappa shape index (κ2) is 7.20. The molecule has 2 atom stereocenters. The minimum absolute atomic E-state index is 0.108. The van der Waals surface area contributed by atoms with Gasteiger partial charge in [0.2, 0.25) is 15.9 Å². The van der Waals surface area contributed by atoms with E-state index in [1.165, 1.54) is 6.07 Å². The Morgan fingerprint density at radius 1 is 1.39 bits per heavy atom. The first-order valence-corrected chi connectivity index (χ1v) is 9.68. The minimum atomic E-state index is -3.80. The van der Waals surface area contributed by atoms with Crippen molar-refractivity contribution in [3.8, 4) is 0 Å². The Morgan fingerprint density at radius 3 is 2.74 bits per heavy atom. The van der Waals surface area contributed by atoms with Crippen molar-refractivity contribution in [3.05, 3.63) is 28.8 Å². The van der Waals surface area contributed by atoms with Crippen LogP contribution in [0.1, 0.15) is 38.7 Å². The topological polar surface area (TPSA) is 66.5 Å². The number of rotatable bonds is 4. The summed E-state index contributed by atoms with van der Waals surface area (Å²) >= 11 is 5.99. The first-order valence-electron chi connectivity index (χ1n) is 7.82. The average molecular weight is 359 g/mol. The number of carbonyl (C=O) groups excluding carboxylic acids is 1. The SMILES string of the molecule is Cc1c(Cl)cccc1S(=O)(=O)NC(C)C(=O)N1CCCCC1C. The van der Waals surface area contributed by atoms with Crippen LogP contribution in [-0.2, 0) is 14.8 Å². The molecule has 0 spiro atoms. The van der Waals surface area contributed by atoms with Gasteiger partial charge in [0, 0.05) is 17.6 Å². The third-order valence-corrected chi connectivity index (χ3v) is 6.39. The zero-order valence-electron chi connectivity index (χ0n) is 13.7. The summed E-state index contributed by atoms with van der Waals surface area (Å²) in [6.07, 6.45) is 3.02. The van der Waals surface area contributed by atoms with Gasteiger partial charge in [-0.15, -0.1) is 0 Å². The van der Waals surface area contributed by atoms with E-state index in [1.807, 2.05) is 6.92 Å². The number of sulfonamides is 1. The van der Waals surface area contributed by atoms with E-state index >= 15 is 0 Å². The second-order valence-electron chi connectivity index (χ2n) is 6.08. The number of amides is 1. The van der Waals surface area contributed by atoms with Gasteiger partial charge in [-0.05, 0) is 57.7 Å². The molecular formula is C16H23ClN2O3S. The molecule has 1 aliphatic heterocycles. The third-order valence-electron chi connectivity index (χ3n) is 4.30. The summed E-state index contributed by atoms with van der Waals surface area (Å²) in [5, 5.41) is 0.386. The van der Waals surface area contributed by atoms with E-state index in [1.54, 1.807) is 30.9 Å². The van der Waals surface area contributed by atoms with E-state index < -0.39 is 16.1 Å². The van der Waals surface area contributed by atoms with E-state index in [0.29, 0.717) is 17.1 Å². The van der Waals surface area contributed by atoms with Crippen molar-refractivity contribution in [1.29, 1.82) is 0 Å². The molecular weight excluding hydrogens is 336 g/mol. The van der Waals surface area contributed by atoms with Crippen LogP contribution in [0.4, 0.5) is 0 Å². The van der Waals surface area contributed by atoms with Crippen LogP contribution in [0.2, 0.25) is 5.02 Å². The van der Waals surface area contributed by atoms with Gasteiger partial charge in [-0.2, -0.15) is 4.72 Å². The zero-order valence-corrected chi connectivity index (χ0v) is 15.2. The zero-order chi connectivity index (χ0) is 17.2. The lowest BCUT2D eigenvalue weighted by molar-refractivity contribution is -0.135. The standard InChI is InChI=1S/C16H23ClN2O3S/c1-11-7-4-5-10-19(11)16(20)13(3)18-23(21,22)15-9-6-8-14(17)12(15)2/h6,8-9,11,13,18H,4-5,7,10H2,1-3H3. The fourth-order valence-corrected chi connectivity index (χ4v) is 4.59. The number of nitrogens with one attached hydrogen (secondary N) is 1. The minimum Gasteiger partial charge on any atom is -0.339 e. The first-order chi connectivity index (χ1) is 10.7. The highest BCUT2D eigenvalue weighted by atomic mass is 35.5. The van der Waals surface area contributed by atoms with Crippen LogP contribution >= 0.6 is 11.6 Å². The van der Waals surface area contributed by atoms with Gasteiger partial charge in [0.25, 0.3) is 0 Å². The quantitative estimate of drug-likeness (QED) is 0.899. The van der Waals surface area contributed by atoms with E-state index in [4.69, 9.17) is 11.6 Å². The molecule has 0 radical (unpaired) electrons. The highest BCUT2D eigenvalue weighted by Crippen LogP contribution is 2.23. The number of halogens is 1. The van der Waals surface area contributed by atoms with Crippen LogP contribution in [-0.4, -0.2) is 37.9 Å². The van der Waals surface area contributed by atoms with Crippen LogP contribution in [0.25, 0.3) is 0 Å². The van der Waals surface area contributed by atoms with E-state index in [-0.39, 0.29) is 16.8 Å². The number of benzene rings is 1. The first kappa shape index (κ1) is 18.2. The molecule has 1 aliphatic rings. The van der Waals surface area contributed by atoms with Crippen LogP contribution in [0, 0.1) is 6.92 Å². The molecule has 1 saturated heterocycles. The normalized spacial score (nSPS) is 20.3. The summed E-state index contributed by atoms with van der Waals surface area (Å²) < 4.78 is 27.6. The molecule has 5 nitrogen and oxygen atoms in total. The summed E-state index contributed by atoms with van der Waals surface area (Å²) in [5.74, 6) is -0.180. The summed E-state index contributed by atoms with van der Waals surface area (Å²) in [7, 11) is -3.80. The number of likely N-dealkylation sites (tertiary alicyclic amines) is 1. The summed E-state index contributed by atoms with van der Waals surface area (Å²) in [4.78, 5) is 14.4. The van der Waals surface area contributed by atoms with Gasteiger partial charge < -0.3 is 4.90 Å². The molecule has 7 heteroatoms. The lowest BCUT2D eigenvalue weighted by Crippen LogP contribution is -2.51. The molecule has 0 saturated carbocycles.